The first-order chi connectivity index (χ1) is 10.8. The molecule has 116 valence electrons. The van der Waals surface area contributed by atoms with E-state index in [-0.39, 0.29) is 18.6 Å². The molecule has 2 aromatic carbocycles. The molecule has 2 aromatic rings. The molecular weight excluding hydrogens is 274 g/mol. The van der Waals surface area contributed by atoms with Gasteiger partial charge >= 0.3 is 0 Å². The molecule has 0 saturated carbocycles. The maximum absolute atomic E-state index is 12.5. The molecular formula is C19H23NO2. The summed E-state index contributed by atoms with van der Waals surface area (Å²) in [6.07, 6.45) is 1.30. The van der Waals surface area contributed by atoms with E-state index >= 15 is 0 Å². The van der Waals surface area contributed by atoms with Crippen LogP contribution >= 0.6 is 0 Å². The molecule has 0 aliphatic heterocycles. The van der Waals surface area contributed by atoms with Crippen molar-refractivity contribution >= 4 is 5.91 Å². The number of benzene rings is 2. The Hall–Kier alpha value is -2.13. The normalized spacial score (nSPS) is 11.9. The quantitative estimate of drug-likeness (QED) is 0.849. The maximum atomic E-state index is 12.5. The summed E-state index contributed by atoms with van der Waals surface area (Å²) in [4.78, 5) is 14.3. The lowest BCUT2D eigenvalue weighted by Crippen LogP contribution is -2.36. The van der Waals surface area contributed by atoms with Gasteiger partial charge in [-0.1, -0.05) is 67.6 Å². The average molecular weight is 297 g/mol. The van der Waals surface area contributed by atoms with E-state index in [0.29, 0.717) is 13.0 Å². The number of hydrogen-bond donors (Lipinski definition) is 1. The lowest BCUT2D eigenvalue weighted by atomic mass is 10.0. The Morgan fingerprint density at radius 3 is 2.18 bits per heavy atom. The van der Waals surface area contributed by atoms with Crippen molar-refractivity contribution in [3.8, 4) is 0 Å². The zero-order valence-electron chi connectivity index (χ0n) is 13.0. The molecule has 0 bridgehead atoms. The summed E-state index contributed by atoms with van der Waals surface area (Å²) in [7, 11) is 0. The van der Waals surface area contributed by atoms with Crippen molar-refractivity contribution in [2.45, 2.75) is 32.4 Å². The first-order valence-corrected chi connectivity index (χ1v) is 7.75. The first kappa shape index (κ1) is 16.2. The van der Waals surface area contributed by atoms with Crippen LogP contribution in [0.5, 0.6) is 0 Å². The smallest absolute Gasteiger partial charge is 0.223 e. The molecule has 3 nitrogen and oxygen atoms in total. The molecule has 0 unspecified atom stereocenters. The molecule has 0 aromatic heterocycles. The molecule has 1 N–H and O–H groups in total. The van der Waals surface area contributed by atoms with Gasteiger partial charge in [0.1, 0.15) is 0 Å². The molecule has 2 rings (SSSR count). The van der Waals surface area contributed by atoms with Gasteiger partial charge in [-0.25, -0.2) is 0 Å². The van der Waals surface area contributed by atoms with Crippen LogP contribution in [0.15, 0.2) is 60.7 Å². The van der Waals surface area contributed by atoms with Crippen LogP contribution in [0.3, 0.4) is 0 Å². The van der Waals surface area contributed by atoms with Gasteiger partial charge in [0.25, 0.3) is 0 Å². The predicted molar refractivity (Wildman–Crippen MR) is 88.2 cm³/mol. The van der Waals surface area contributed by atoms with E-state index in [1.165, 1.54) is 0 Å². The third-order valence-corrected chi connectivity index (χ3v) is 3.71. The fraction of sp³-hybridized carbons (Fsp3) is 0.316. The minimum atomic E-state index is -0.305. The van der Waals surface area contributed by atoms with Gasteiger partial charge in [-0.15, -0.1) is 0 Å². The van der Waals surface area contributed by atoms with Crippen LogP contribution in [0.25, 0.3) is 0 Å². The lowest BCUT2D eigenvalue weighted by Gasteiger charge is -2.31. The van der Waals surface area contributed by atoms with Gasteiger partial charge in [-0.3, -0.25) is 4.79 Å². The fourth-order valence-electron chi connectivity index (χ4n) is 2.57. The van der Waals surface area contributed by atoms with Crippen LogP contribution in [0.1, 0.15) is 36.9 Å². The second-order valence-electron chi connectivity index (χ2n) is 5.37. The molecule has 1 amide bonds. The van der Waals surface area contributed by atoms with Crippen molar-refractivity contribution in [1.82, 2.24) is 4.90 Å². The highest BCUT2D eigenvalue weighted by atomic mass is 16.3. The van der Waals surface area contributed by atoms with Gasteiger partial charge in [0, 0.05) is 13.0 Å². The molecule has 3 heteroatoms. The first-order valence-electron chi connectivity index (χ1n) is 7.75. The molecule has 0 spiro atoms. The van der Waals surface area contributed by atoms with Gasteiger partial charge in [0.2, 0.25) is 5.91 Å². The number of carbonyl (C=O) groups is 1. The van der Waals surface area contributed by atoms with Crippen molar-refractivity contribution in [1.29, 1.82) is 0 Å². The average Bonchev–Trinajstić information content (AvgIpc) is 2.57. The molecule has 0 heterocycles. The number of carbonyl (C=O) groups excluding carboxylic acids is 1. The number of nitrogens with zero attached hydrogens (tertiary/aromatic N) is 1. The van der Waals surface area contributed by atoms with Crippen LogP contribution in [0, 0.1) is 0 Å². The Labute approximate surface area is 132 Å². The zero-order chi connectivity index (χ0) is 15.8. The van der Waals surface area contributed by atoms with Crippen molar-refractivity contribution in [2.24, 2.45) is 0 Å². The molecule has 22 heavy (non-hydrogen) atoms. The SMILES string of the molecule is CCCC(=O)N(Cc1ccccc1)[C@@H](CO)c1ccccc1. The van der Waals surface area contributed by atoms with Crippen LogP contribution in [-0.4, -0.2) is 22.5 Å². The monoisotopic (exact) mass is 297 g/mol. The van der Waals surface area contributed by atoms with E-state index in [0.717, 1.165) is 17.5 Å². The number of hydrogen-bond acceptors (Lipinski definition) is 2. The van der Waals surface area contributed by atoms with Crippen molar-refractivity contribution in [2.75, 3.05) is 6.61 Å². The number of aliphatic hydroxyl groups excluding tert-OH is 1. The molecule has 0 aliphatic rings. The van der Waals surface area contributed by atoms with E-state index in [2.05, 4.69) is 0 Å². The van der Waals surface area contributed by atoms with Crippen molar-refractivity contribution < 1.29 is 9.90 Å². The van der Waals surface area contributed by atoms with Crippen LogP contribution in [0.4, 0.5) is 0 Å². The number of aliphatic hydroxyl groups is 1. The second-order valence-corrected chi connectivity index (χ2v) is 5.37. The van der Waals surface area contributed by atoms with E-state index < -0.39 is 0 Å². The summed E-state index contributed by atoms with van der Waals surface area (Å²) < 4.78 is 0. The maximum Gasteiger partial charge on any atom is 0.223 e. The number of rotatable bonds is 7. The van der Waals surface area contributed by atoms with Gasteiger partial charge in [0.05, 0.1) is 12.6 Å². The minimum absolute atomic E-state index is 0.0771. The zero-order valence-corrected chi connectivity index (χ0v) is 13.0. The molecule has 0 radical (unpaired) electrons. The largest absolute Gasteiger partial charge is 0.394 e. The summed E-state index contributed by atoms with van der Waals surface area (Å²) in [5.41, 5.74) is 2.03. The Morgan fingerprint density at radius 2 is 1.64 bits per heavy atom. The summed E-state index contributed by atoms with van der Waals surface area (Å²) in [6.45, 7) is 2.43. The van der Waals surface area contributed by atoms with E-state index in [4.69, 9.17) is 0 Å². The van der Waals surface area contributed by atoms with Crippen molar-refractivity contribution in [3.05, 3.63) is 71.8 Å². The summed E-state index contributed by atoms with van der Waals surface area (Å²) in [6, 6.07) is 19.3. The Kier molecular flexibility index (Phi) is 6.16. The van der Waals surface area contributed by atoms with Gasteiger partial charge < -0.3 is 10.0 Å². The molecule has 0 saturated heterocycles. The number of amides is 1. The summed E-state index contributed by atoms with van der Waals surface area (Å²) in [5, 5.41) is 9.85. The van der Waals surface area contributed by atoms with E-state index in [9.17, 15) is 9.90 Å². The molecule has 0 fully saturated rings. The highest BCUT2D eigenvalue weighted by Crippen LogP contribution is 2.23. The third-order valence-electron chi connectivity index (χ3n) is 3.71. The highest BCUT2D eigenvalue weighted by Gasteiger charge is 2.24. The summed E-state index contributed by atoms with van der Waals surface area (Å²) in [5.74, 6) is 0.0780. The van der Waals surface area contributed by atoms with Crippen LogP contribution in [0.2, 0.25) is 0 Å². The highest BCUT2D eigenvalue weighted by molar-refractivity contribution is 5.76. The van der Waals surface area contributed by atoms with Gasteiger partial charge in [-0.05, 0) is 17.5 Å². The minimum Gasteiger partial charge on any atom is -0.394 e. The lowest BCUT2D eigenvalue weighted by molar-refractivity contribution is -0.135. The Morgan fingerprint density at radius 1 is 1.05 bits per heavy atom. The van der Waals surface area contributed by atoms with Gasteiger partial charge in [0.15, 0.2) is 0 Å². The van der Waals surface area contributed by atoms with E-state index in [1.807, 2.05) is 67.6 Å². The fourth-order valence-corrected chi connectivity index (χ4v) is 2.57. The Balaban J connectivity index is 2.28. The standard InChI is InChI=1S/C19H23NO2/c1-2-9-19(22)20(14-16-10-5-3-6-11-16)18(15-21)17-12-7-4-8-13-17/h3-8,10-13,18,21H,2,9,14-15H2,1H3/t18-/m0/s1. The Bertz CT molecular complexity index is 569. The van der Waals surface area contributed by atoms with Crippen LogP contribution in [-0.2, 0) is 11.3 Å². The van der Waals surface area contributed by atoms with Crippen molar-refractivity contribution in [3.63, 3.8) is 0 Å². The predicted octanol–water partition coefficient (Wildman–Crippen LogP) is 3.55. The van der Waals surface area contributed by atoms with Gasteiger partial charge in [-0.2, -0.15) is 0 Å². The summed E-state index contributed by atoms with van der Waals surface area (Å²) >= 11 is 0. The topological polar surface area (TPSA) is 40.5 Å². The third kappa shape index (κ3) is 4.18. The molecule has 0 aliphatic carbocycles. The molecule has 1 atom stereocenters. The van der Waals surface area contributed by atoms with Crippen LogP contribution < -0.4 is 0 Å². The second kappa shape index (κ2) is 8.35. The van der Waals surface area contributed by atoms with E-state index in [1.54, 1.807) is 4.90 Å².